The van der Waals surface area contributed by atoms with Gasteiger partial charge in [0.05, 0.1) is 16.0 Å². The summed E-state index contributed by atoms with van der Waals surface area (Å²) < 4.78 is 1.83. The molecule has 0 amide bonds. The van der Waals surface area contributed by atoms with Crippen LogP contribution < -0.4 is 0 Å². The Morgan fingerprint density at radius 1 is 1.59 bits per heavy atom. The number of thiophene rings is 1. The zero-order valence-electron chi connectivity index (χ0n) is 9.85. The molecule has 0 aliphatic heterocycles. The average molecular weight is 271 g/mol. The van der Waals surface area contributed by atoms with Crippen LogP contribution in [0.2, 0.25) is 5.02 Å². The molecule has 5 heteroatoms. The van der Waals surface area contributed by atoms with Crippen LogP contribution in [0.15, 0.2) is 17.6 Å². The molecule has 2 rings (SSSR count). The first-order valence-corrected chi connectivity index (χ1v) is 6.73. The molecule has 2 heterocycles. The van der Waals surface area contributed by atoms with E-state index in [4.69, 9.17) is 11.6 Å². The lowest BCUT2D eigenvalue weighted by atomic mass is 10.1. The number of aliphatic hydroxyl groups excluding tert-OH is 1. The summed E-state index contributed by atoms with van der Waals surface area (Å²) in [5, 5.41) is 16.9. The van der Waals surface area contributed by atoms with Crippen molar-refractivity contribution in [3.8, 4) is 0 Å². The van der Waals surface area contributed by atoms with Gasteiger partial charge in [0.15, 0.2) is 0 Å². The van der Waals surface area contributed by atoms with Gasteiger partial charge in [0.25, 0.3) is 0 Å². The molecule has 0 saturated carbocycles. The van der Waals surface area contributed by atoms with E-state index in [1.807, 2.05) is 30.1 Å². The molecule has 1 atom stereocenters. The lowest BCUT2D eigenvalue weighted by Crippen LogP contribution is -2.02. The number of nitrogens with zero attached hydrogens (tertiary/aromatic N) is 2. The molecule has 0 fully saturated rings. The molecule has 1 N–H and O–H groups in total. The summed E-state index contributed by atoms with van der Waals surface area (Å²) in [4.78, 5) is 0.867. The molecule has 0 saturated heterocycles. The van der Waals surface area contributed by atoms with Crippen LogP contribution in [-0.2, 0) is 13.5 Å². The van der Waals surface area contributed by atoms with Crippen LogP contribution in [0.25, 0.3) is 0 Å². The fourth-order valence-corrected chi connectivity index (χ4v) is 3.08. The van der Waals surface area contributed by atoms with Crippen molar-refractivity contribution in [1.29, 1.82) is 0 Å². The van der Waals surface area contributed by atoms with Gasteiger partial charge in [0.1, 0.15) is 0 Å². The van der Waals surface area contributed by atoms with Crippen LogP contribution in [-0.4, -0.2) is 14.9 Å². The van der Waals surface area contributed by atoms with Gasteiger partial charge in [-0.05, 0) is 36.8 Å². The van der Waals surface area contributed by atoms with Gasteiger partial charge >= 0.3 is 0 Å². The van der Waals surface area contributed by atoms with Gasteiger partial charge < -0.3 is 5.11 Å². The van der Waals surface area contributed by atoms with E-state index in [0.717, 1.165) is 22.6 Å². The first-order chi connectivity index (χ1) is 8.09. The van der Waals surface area contributed by atoms with Crippen LogP contribution in [0.3, 0.4) is 0 Å². The summed E-state index contributed by atoms with van der Waals surface area (Å²) in [6, 6.07) is 1.97. The molecule has 17 heavy (non-hydrogen) atoms. The Labute approximate surface area is 110 Å². The van der Waals surface area contributed by atoms with E-state index in [1.54, 1.807) is 6.20 Å². The minimum Gasteiger partial charge on any atom is -0.388 e. The molecule has 0 radical (unpaired) electrons. The van der Waals surface area contributed by atoms with Gasteiger partial charge in [-0.25, -0.2) is 0 Å². The summed E-state index contributed by atoms with van der Waals surface area (Å²) in [5.41, 5.74) is 2.15. The predicted molar refractivity (Wildman–Crippen MR) is 70.6 cm³/mol. The number of halogens is 1. The van der Waals surface area contributed by atoms with Crippen molar-refractivity contribution in [2.75, 3.05) is 0 Å². The molecule has 0 aliphatic rings. The van der Waals surface area contributed by atoms with Crippen LogP contribution in [0.5, 0.6) is 0 Å². The molecular formula is C12H15ClN2OS. The Bertz CT molecular complexity index is 506. The molecule has 0 aromatic carbocycles. The van der Waals surface area contributed by atoms with E-state index < -0.39 is 6.10 Å². The smallest absolute Gasteiger partial charge is 0.0900 e. The van der Waals surface area contributed by atoms with E-state index in [-0.39, 0.29) is 0 Å². The fraction of sp³-hybridized carbons (Fsp3) is 0.417. The quantitative estimate of drug-likeness (QED) is 0.927. The number of aromatic nitrogens is 2. The number of rotatable bonds is 4. The summed E-state index contributed by atoms with van der Waals surface area (Å²) in [6.07, 6.45) is 2.74. The Balaban J connectivity index is 2.00. The Morgan fingerprint density at radius 3 is 2.88 bits per heavy atom. The van der Waals surface area contributed by atoms with Crippen molar-refractivity contribution >= 4 is 22.9 Å². The third-order valence-corrected chi connectivity index (χ3v) is 4.64. The Hall–Kier alpha value is -0.840. The van der Waals surface area contributed by atoms with Gasteiger partial charge in [-0.2, -0.15) is 5.10 Å². The van der Waals surface area contributed by atoms with E-state index in [1.165, 1.54) is 11.3 Å². The van der Waals surface area contributed by atoms with Gasteiger partial charge in [-0.1, -0.05) is 11.6 Å². The zero-order valence-corrected chi connectivity index (χ0v) is 11.4. The first-order valence-electron chi connectivity index (χ1n) is 5.48. The van der Waals surface area contributed by atoms with Crippen molar-refractivity contribution < 1.29 is 5.11 Å². The van der Waals surface area contributed by atoms with E-state index in [0.29, 0.717) is 11.4 Å². The van der Waals surface area contributed by atoms with Gasteiger partial charge in [0.2, 0.25) is 0 Å². The lowest BCUT2D eigenvalue weighted by molar-refractivity contribution is 0.171. The number of aryl methyl sites for hydroxylation is 3. The number of hydrogen-bond acceptors (Lipinski definition) is 3. The maximum atomic E-state index is 10.1. The molecule has 0 spiro atoms. The normalized spacial score (nSPS) is 12.9. The summed E-state index contributed by atoms with van der Waals surface area (Å²) in [7, 11) is 1.91. The molecular weight excluding hydrogens is 256 g/mol. The largest absolute Gasteiger partial charge is 0.388 e. The van der Waals surface area contributed by atoms with Crippen LogP contribution in [0, 0.1) is 6.92 Å². The van der Waals surface area contributed by atoms with E-state index >= 15 is 0 Å². The minimum atomic E-state index is -0.490. The molecule has 3 nitrogen and oxygen atoms in total. The van der Waals surface area contributed by atoms with Crippen molar-refractivity contribution in [1.82, 2.24) is 9.78 Å². The second-order valence-corrected chi connectivity index (χ2v) is 5.39. The van der Waals surface area contributed by atoms with Crippen LogP contribution in [0.1, 0.15) is 28.7 Å². The van der Waals surface area contributed by atoms with Gasteiger partial charge in [0, 0.05) is 18.9 Å². The van der Waals surface area contributed by atoms with Crippen molar-refractivity contribution in [2.45, 2.75) is 25.9 Å². The highest BCUT2D eigenvalue weighted by molar-refractivity contribution is 7.10. The summed E-state index contributed by atoms with van der Waals surface area (Å²) in [6.45, 7) is 1.95. The number of aliphatic hydroxyl groups is 1. The maximum Gasteiger partial charge on any atom is 0.0900 e. The van der Waals surface area contributed by atoms with Crippen LogP contribution >= 0.6 is 22.9 Å². The topological polar surface area (TPSA) is 38.1 Å². The first kappa shape index (κ1) is 12.6. The highest BCUT2D eigenvalue weighted by atomic mass is 35.5. The highest BCUT2D eigenvalue weighted by Gasteiger charge is 2.15. The van der Waals surface area contributed by atoms with Gasteiger partial charge in [-0.3, -0.25) is 4.68 Å². The standard InChI is InChI=1S/C12H15ClN2OS/c1-8-7-17-12(11(8)13)10(16)4-3-9-5-6-14-15(9)2/h5-7,10,16H,3-4H2,1-2H3. The van der Waals surface area contributed by atoms with Gasteiger partial charge in [-0.15, -0.1) is 11.3 Å². The molecule has 0 bridgehead atoms. The fourth-order valence-electron chi connectivity index (χ4n) is 1.74. The third-order valence-electron chi connectivity index (χ3n) is 2.82. The maximum absolute atomic E-state index is 10.1. The monoisotopic (exact) mass is 270 g/mol. The second-order valence-electron chi connectivity index (χ2n) is 4.10. The second kappa shape index (κ2) is 5.21. The SMILES string of the molecule is Cc1csc(C(O)CCc2ccnn2C)c1Cl. The van der Waals surface area contributed by atoms with E-state index in [9.17, 15) is 5.11 Å². The predicted octanol–water partition coefficient (Wildman–Crippen LogP) is 3.11. The highest BCUT2D eigenvalue weighted by Crippen LogP contribution is 2.34. The Kier molecular flexibility index (Phi) is 3.86. The zero-order chi connectivity index (χ0) is 12.4. The summed E-state index contributed by atoms with van der Waals surface area (Å²) in [5.74, 6) is 0. The van der Waals surface area contributed by atoms with Crippen molar-refractivity contribution in [2.24, 2.45) is 7.05 Å². The molecule has 2 aromatic heterocycles. The molecule has 2 aromatic rings. The average Bonchev–Trinajstić information content (AvgIpc) is 2.84. The third kappa shape index (κ3) is 2.70. The number of hydrogen-bond donors (Lipinski definition) is 1. The Morgan fingerprint density at radius 2 is 2.35 bits per heavy atom. The van der Waals surface area contributed by atoms with Crippen molar-refractivity contribution in [3.05, 3.63) is 38.8 Å². The molecule has 92 valence electrons. The summed E-state index contributed by atoms with van der Waals surface area (Å²) >= 11 is 7.65. The minimum absolute atomic E-state index is 0.490. The lowest BCUT2D eigenvalue weighted by Gasteiger charge is -2.09. The van der Waals surface area contributed by atoms with Crippen LogP contribution in [0.4, 0.5) is 0 Å². The van der Waals surface area contributed by atoms with E-state index in [2.05, 4.69) is 5.10 Å². The molecule has 0 aliphatic carbocycles. The molecule has 1 unspecified atom stereocenters. The van der Waals surface area contributed by atoms with Crippen molar-refractivity contribution in [3.63, 3.8) is 0 Å².